The van der Waals surface area contributed by atoms with E-state index in [1.54, 1.807) is 18.5 Å². The molecule has 0 spiro atoms. The number of aryl methyl sites for hydroxylation is 1. The second kappa shape index (κ2) is 4.99. The van der Waals surface area contributed by atoms with Crippen molar-refractivity contribution in [1.82, 2.24) is 4.98 Å². The molecule has 0 aliphatic carbocycles. The Labute approximate surface area is 111 Å². The van der Waals surface area contributed by atoms with Crippen LogP contribution in [0.1, 0.15) is 17.5 Å². The van der Waals surface area contributed by atoms with Crippen LogP contribution in [0.5, 0.6) is 11.5 Å². The fourth-order valence-electron chi connectivity index (χ4n) is 2.23. The third-order valence-electron chi connectivity index (χ3n) is 3.16. The Balaban J connectivity index is 1.98. The molecule has 3 rings (SSSR count). The van der Waals surface area contributed by atoms with E-state index in [4.69, 9.17) is 10.00 Å². The minimum Gasteiger partial charge on any atom is -0.452 e. The zero-order valence-electron chi connectivity index (χ0n) is 10.4. The number of nitrogens with one attached hydrogen (secondary N) is 1. The third-order valence-corrected chi connectivity index (χ3v) is 3.16. The Bertz CT molecular complexity index is 646. The summed E-state index contributed by atoms with van der Waals surface area (Å²) in [5.41, 5.74) is 2.77. The number of ether oxygens (including phenoxy) is 1. The number of nitrogens with zero attached hydrogens (tertiary/aromatic N) is 2. The molecule has 1 N–H and O–H groups in total. The van der Waals surface area contributed by atoms with Gasteiger partial charge in [0, 0.05) is 12.7 Å². The molecule has 19 heavy (non-hydrogen) atoms. The van der Waals surface area contributed by atoms with Crippen molar-refractivity contribution < 1.29 is 4.74 Å². The van der Waals surface area contributed by atoms with E-state index in [2.05, 4.69) is 22.4 Å². The molecular formula is C15H13N3O. The van der Waals surface area contributed by atoms with E-state index in [0.29, 0.717) is 11.3 Å². The van der Waals surface area contributed by atoms with E-state index in [-0.39, 0.29) is 0 Å². The number of nitriles is 1. The lowest BCUT2D eigenvalue weighted by atomic mass is 10.0. The van der Waals surface area contributed by atoms with Gasteiger partial charge in [-0.1, -0.05) is 12.1 Å². The fraction of sp³-hybridized carbons (Fsp3) is 0.200. The molecule has 0 fully saturated rings. The predicted octanol–water partition coefficient (Wildman–Crippen LogP) is 3.10. The van der Waals surface area contributed by atoms with Crippen LogP contribution in [0.2, 0.25) is 0 Å². The zero-order valence-corrected chi connectivity index (χ0v) is 10.4. The normalized spacial score (nSPS) is 13.0. The second-order valence-corrected chi connectivity index (χ2v) is 4.41. The quantitative estimate of drug-likeness (QED) is 0.891. The van der Waals surface area contributed by atoms with Gasteiger partial charge in [0.15, 0.2) is 11.5 Å². The van der Waals surface area contributed by atoms with Crippen molar-refractivity contribution in [2.45, 2.75) is 12.8 Å². The maximum atomic E-state index is 9.06. The van der Waals surface area contributed by atoms with E-state index >= 15 is 0 Å². The molecule has 1 aliphatic rings. The van der Waals surface area contributed by atoms with Gasteiger partial charge < -0.3 is 10.1 Å². The van der Waals surface area contributed by atoms with E-state index in [1.165, 1.54) is 5.56 Å². The SMILES string of the molecule is N#Cc1ccncc1Oc1cccc2c1NCCC2. The summed E-state index contributed by atoms with van der Waals surface area (Å²) in [7, 11) is 0. The minimum absolute atomic E-state index is 0.489. The average molecular weight is 251 g/mol. The minimum atomic E-state index is 0.489. The van der Waals surface area contributed by atoms with Gasteiger partial charge in [-0.2, -0.15) is 5.26 Å². The highest BCUT2D eigenvalue weighted by Crippen LogP contribution is 2.35. The number of pyridine rings is 1. The van der Waals surface area contributed by atoms with Crippen LogP contribution in [0.3, 0.4) is 0 Å². The summed E-state index contributed by atoms with van der Waals surface area (Å²) in [4.78, 5) is 4.00. The first-order chi connectivity index (χ1) is 9.38. The van der Waals surface area contributed by atoms with E-state index in [0.717, 1.165) is 30.8 Å². The number of fused-ring (bicyclic) bond motifs is 1. The van der Waals surface area contributed by atoms with Crippen molar-refractivity contribution in [2.24, 2.45) is 0 Å². The number of anilines is 1. The van der Waals surface area contributed by atoms with Gasteiger partial charge in [0.25, 0.3) is 0 Å². The van der Waals surface area contributed by atoms with Crippen molar-refractivity contribution >= 4 is 5.69 Å². The molecule has 1 aromatic heterocycles. The lowest BCUT2D eigenvalue weighted by Gasteiger charge is -2.21. The van der Waals surface area contributed by atoms with Gasteiger partial charge in [-0.3, -0.25) is 4.98 Å². The first-order valence-corrected chi connectivity index (χ1v) is 6.26. The van der Waals surface area contributed by atoms with Crippen molar-refractivity contribution in [3.63, 3.8) is 0 Å². The van der Waals surface area contributed by atoms with Gasteiger partial charge in [-0.25, -0.2) is 0 Å². The topological polar surface area (TPSA) is 57.9 Å². The molecule has 0 radical (unpaired) electrons. The maximum Gasteiger partial charge on any atom is 0.163 e. The number of para-hydroxylation sites is 1. The molecule has 4 heteroatoms. The highest BCUT2D eigenvalue weighted by Gasteiger charge is 2.14. The predicted molar refractivity (Wildman–Crippen MR) is 72.3 cm³/mol. The van der Waals surface area contributed by atoms with Crippen LogP contribution >= 0.6 is 0 Å². The van der Waals surface area contributed by atoms with Gasteiger partial charge in [0.2, 0.25) is 0 Å². The van der Waals surface area contributed by atoms with Gasteiger partial charge in [-0.15, -0.1) is 0 Å². The Morgan fingerprint density at radius 2 is 2.21 bits per heavy atom. The van der Waals surface area contributed by atoms with Gasteiger partial charge >= 0.3 is 0 Å². The van der Waals surface area contributed by atoms with Gasteiger partial charge in [-0.05, 0) is 30.5 Å². The lowest BCUT2D eigenvalue weighted by Crippen LogP contribution is -2.12. The highest BCUT2D eigenvalue weighted by molar-refractivity contribution is 5.64. The molecule has 94 valence electrons. The molecule has 0 saturated heterocycles. The van der Waals surface area contributed by atoms with E-state index < -0.39 is 0 Å². The smallest absolute Gasteiger partial charge is 0.163 e. The first-order valence-electron chi connectivity index (χ1n) is 6.26. The van der Waals surface area contributed by atoms with Gasteiger partial charge in [0.05, 0.1) is 17.4 Å². The van der Waals surface area contributed by atoms with Crippen molar-refractivity contribution in [3.8, 4) is 17.6 Å². The Hall–Kier alpha value is -2.54. The first kappa shape index (κ1) is 11.5. The van der Waals surface area contributed by atoms with Crippen LogP contribution in [0.25, 0.3) is 0 Å². The molecule has 0 saturated carbocycles. The number of benzene rings is 1. The summed E-state index contributed by atoms with van der Waals surface area (Å²) in [6.45, 7) is 0.950. The molecule has 1 aliphatic heterocycles. The maximum absolute atomic E-state index is 9.06. The van der Waals surface area contributed by atoms with Crippen LogP contribution in [0.4, 0.5) is 5.69 Å². The second-order valence-electron chi connectivity index (χ2n) is 4.41. The van der Waals surface area contributed by atoms with E-state index in [9.17, 15) is 0 Å². The number of hydrogen-bond donors (Lipinski definition) is 1. The van der Waals surface area contributed by atoms with Crippen molar-refractivity contribution in [3.05, 3.63) is 47.8 Å². The standard InChI is InChI=1S/C15H13N3O/c16-9-12-6-8-17-10-14(12)19-13-5-1-3-11-4-2-7-18-15(11)13/h1,3,5-6,8,10,18H,2,4,7H2. The van der Waals surface area contributed by atoms with E-state index in [1.807, 2.05) is 12.1 Å². The number of hydrogen-bond acceptors (Lipinski definition) is 4. The number of aromatic nitrogens is 1. The Kier molecular flexibility index (Phi) is 3.03. The molecule has 1 aromatic carbocycles. The summed E-state index contributed by atoms with van der Waals surface area (Å²) in [5.74, 6) is 1.24. The summed E-state index contributed by atoms with van der Waals surface area (Å²) in [5, 5.41) is 12.4. The molecule has 0 bridgehead atoms. The van der Waals surface area contributed by atoms with Crippen LogP contribution in [-0.2, 0) is 6.42 Å². The molecule has 0 atom stereocenters. The summed E-state index contributed by atoms with van der Waals surface area (Å²) in [6.07, 6.45) is 5.34. The molecule has 2 heterocycles. The lowest BCUT2D eigenvalue weighted by molar-refractivity contribution is 0.479. The van der Waals surface area contributed by atoms with Crippen molar-refractivity contribution in [2.75, 3.05) is 11.9 Å². The van der Waals surface area contributed by atoms with Gasteiger partial charge in [0.1, 0.15) is 6.07 Å². The molecule has 2 aromatic rings. The zero-order chi connectivity index (χ0) is 13.1. The average Bonchev–Trinajstić information content (AvgIpc) is 2.48. The molecule has 4 nitrogen and oxygen atoms in total. The molecular weight excluding hydrogens is 238 g/mol. The Morgan fingerprint density at radius 1 is 1.26 bits per heavy atom. The monoisotopic (exact) mass is 251 g/mol. The van der Waals surface area contributed by atoms with Crippen LogP contribution < -0.4 is 10.1 Å². The summed E-state index contributed by atoms with van der Waals surface area (Å²) in [6, 6.07) is 9.75. The van der Waals surface area contributed by atoms with Crippen LogP contribution in [0, 0.1) is 11.3 Å². The summed E-state index contributed by atoms with van der Waals surface area (Å²) < 4.78 is 5.85. The highest BCUT2D eigenvalue weighted by atomic mass is 16.5. The van der Waals surface area contributed by atoms with Crippen LogP contribution in [-0.4, -0.2) is 11.5 Å². The van der Waals surface area contributed by atoms with Crippen LogP contribution in [0.15, 0.2) is 36.7 Å². The fourth-order valence-corrected chi connectivity index (χ4v) is 2.23. The molecule has 0 unspecified atom stereocenters. The van der Waals surface area contributed by atoms with Crippen molar-refractivity contribution in [1.29, 1.82) is 5.26 Å². The number of rotatable bonds is 2. The summed E-state index contributed by atoms with van der Waals surface area (Å²) >= 11 is 0. The largest absolute Gasteiger partial charge is 0.452 e. The third kappa shape index (κ3) is 2.23. The molecule has 0 amide bonds. The Morgan fingerprint density at radius 3 is 3.11 bits per heavy atom.